The Kier molecular flexibility index (Phi) is 5.47. The second-order valence-electron chi connectivity index (χ2n) is 5.22. The number of hydrogen-bond donors (Lipinski definition) is 2. The summed E-state index contributed by atoms with van der Waals surface area (Å²) in [6.07, 6.45) is -2.78. The van der Waals surface area contributed by atoms with Crippen LogP contribution >= 0.6 is 0 Å². The Morgan fingerprint density at radius 3 is 2.92 bits per heavy atom. The molecule has 0 bridgehead atoms. The molecule has 2 rings (SSSR count). The van der Waals surface area contributed by atoms with E-state index in [4.69, 9.17) is 4.74 Å². The Balaban J connectivity index is 1.84. The topological polar surface area (TPSA) is 83.6 Å². The number of urea groups is 1. The van der Waals surface area contributed by atoms with Crippen LogP contribution < -0.4 is 15.4 Å². The van der Waals surface area contributed by atoms with E-state index in [1.54, 1.807) is 12.1 Å². The number of nitrogens with zero attached hydrogens (tertiary/aromatic N) is 2. The van der Waals surface area contributed by atoms with E-state index in [-0.39, 0.29) is 19.5 Å². The summed E-state index contributed by atoms with van der Waals surface area (Å²) < 4.78 is 42.1. The number of hydrogen-bond acceptors (Lipinski definition) is 4. The standard InChI is InChI=1S/C14H17F3N4O3/c1-24-11-9(3-2-5-18-11)7-19-13(23)20-10-4-6-21(12(10)22)8-14(15,16)17/h2-3,5,10H,4,6-8H2,1H3,(H2,19,20,23)/t10-/m0/s1. The van der Waals surface area contributed by atoms with Gasteiger partial charge in [0.2, 0.25) is 11.8 Å². The number of likely N-dealkylation sites (tertiary alicyclic amines) is 1. The SMILES string of the molecule is COc1ncccc1CNC(=O)N[C@H]1CCN(CC(F)(F)F)C1=O. The molecule has 3 amide bonds. The van der Waals surface area contributed by atoms with Crippen LogP contribution in [0.4, 0.5) is 18.0 Å². The van der Waals surface area contributed by atoms with Gasteiger partial charge in [0.1, 0.15) is 12.6 Å². The van der Waals surface area contributed by atoms with Crippen LogP contribution in [0.3, 0.4) is 0 Å². The molecule has 0 saturated carbocycles. The van der Waals surface area contributed by atoms with Crippen LogP contribution in [0.15, 0.2) is 18.3 Å². The second kappa shape index (κ2) is 7.37. The van der Waals surface area contributed by atoms with Crippen LogP contribution in [0.5, 0.6) is 5.88 Å². The largest absolute Gasteiger partial charge is 0.481 e. The van der Waals surface area contributed by atoms with Gasteiger partial charge in [-0.25, -0.2) is 9.78 Å². The molecule has 1 fully saturated rings. The summed E-state index contributed by atoms with van der Waals surface area (Å²) in [7, 11) is 1.44. The smallest absolute Gasteiger partial charge is 0.406 e. The van der Waals surface area contributed by atoms with Crippen molar-refractivity contribution in [3.8, 4) is 5.88 Å². The fourth-order valence-electron chi connectivity index (χ4n) is 2.37. The molecule has 0 unspecified atom stereocenters. The number of ether oxygens (including phenoxy) is 1. The summed E-state index contributed by atoms with van der Waals surface area (Å²) in [5.74, 6) is -0.382. The van der Waals surface area contributed by atoms with Crippen molar-refractivity contribution in [2.45, 2.75) is 25.2 Å². The molecule has 2 heterocycles. The first-order valence-corrected chi connectivity index (χ1v) is 7.18. The van der Waals surface area contributed by atoms with E-state index in [1.165, 1.54) is 13.3 Å². The van der Waals surface area contributed by atoms with Gasteiger partial charge in [-0.3, -0.25) is 4.79 Å². The number of amides is 3. The van der Waals surface area contributed by atoms with Gasteiger partial charge in [0.15, 0.2) is 0 Å². The van der Waals surface area contributed by atoms with Crippen molar-refractivity contribution in [1.82, 2.24) is 20.5 Å². The first-order valence-electron chi connectivity index (χ1n) is 7.18. The summed E-state index contributed by atoms with van der Waals surface area (Å²) in [6, 6.07) is 1.78. The number of carbonyl (C=O) groups excluding carboxylic acids is 2. The van der Waals surface area contributed by atoms with Crippen molar-refractivity contribution in [2.24, 2.45) is 0 Å². The zero-order valence-corrected chi connectivity index (χ0v) is 12.9. The van der Waals surface area contributed by atoms with E-state index >= 15 is 0 Å². The number of methoxy groups -OCH3 is 1. The highest BCUT2D eigenvalue weighted by atomic mass is 19.4. The number of pyridine rings is 1. The molecule has 10 heteroatoms. The molecular formula is C14H17F3N4O3. The lowest BCUT2D eigenvalue weighted by Crippen LogP contribution is -2.47. The van der Waals surface area contributed by atoms with Crippen LogP contribution in [0, 0.1) is 0 Å². The van der Waals surface area contributed by atoms with E-state index in [1.807, 2.05) is 0 Å². The summed E-state index contributed by atoms with van der Waals surface area (Å²) in [5.41, 5.74) is 0.631. The molecule has 1 aromatic heterocycles. The molecule has 0 aliphatic carbocycles. The predicted molar refractivity (Wildman–Crippen MR) is 77.2 cm³/mol. The lowest BCUT2D eigenvalue weighted by molar-refractivity contribution is -0.157. The number of nitrogens with one attached hydrogen (secondary N) is 2. The Bertz CT molecular complexity index is 609. The van der Waals surface area contributed by atoms with Crippen molar-refractivity contribution < 1.29 is 27.5 Å². The lowest BCUT2D eigenvalue weighted by atomic mass is 10.2. The van der Waals surface area contributed by atoms with Gasteiger partial charge in [-0.1, -0.05) is 6.07 Å². The van der Waals surface area contributed by atoms with Gasteiger partial charge in [-0.2, -0.15) is 13.2 Å². The van der Waals surface area contributed by atoms with E-state index in [0.717, 1.165) is 0 Å². The van der Waals surface area contributed by atoms with Crippen molar-refractivity contribution in [3.05, 3.63) is 23.9 Å². The zero-order chi connectivity index (χ0) is 17.7. The van der Waals surface area contributed by atoms with Crippen LogP contribution in [0.25, 0.3) is 0 Å². The van der Waals surface area contributed by atoms with Gasteiger partial charge in [-0.15, -0.1) is 0 Å². The van der Waals surface area contributed by atoms with Gasteiger partial charge >= 0.3 is 12.2 Å². The highest BCUT2D eigenvalue weighted by Crippen LogP contribution is 2.21. The van der Waals surface area contributed by atoms with E-state index < -0.39 is 30.7 Å². The molecule has 0 spiro atoms. The summed E-state index contributed by atoms with van der Waals surface area (Å²) in [6.45, 7) is -1.24. The van der Waals surface area contributed by atoms with Crippen LogP contribution in [-0.4, -0.2) is 54.2 Å². The third-order valence-corrected chi connectivity index (χ3v) is 3.46. The molecule has 0 radical (unpaired) electrons. The number of carbonyl (C=O) groups is 2. The molecule has 1 atom stereocenters. The first-order chi connectivity index (χ1) is 11.3. The van der Waals surface area contributed by atoms with Crippen molar-refractivity contribution in [1.29, 1.82) is 0 Å². The Labute approximate surface area is 136 Å². The third-order valence-electron chi connectivity index (χ3n) is 3.46. The molecule has 2 N–H and O–H groups in total. The van der Waals surface area contributed by atoms with Gasteiger partial charge in [0.25, 0.3) is 0 Å². The Morgan fingerprint density at radius 1 is 1.50 bits per heavy atom. The molecule has 0 aromatic carbocycles. The molecule has 132 valence electrons. The van der Waals surface area contributed by atoms with E-state index in [0.29, 0.717) is 16.3 Å². The predicted octanol–water partition coefficient (Wildman–Crippen LogP) is 1.05. The van der Waals surface area contributed by atoms with Gasteiger partial charge in [-0.05, 0) is 12.5 Å². The minimum atomic E-state index is -4.45. The minimum Gasteiger partial charge on any atom is -0.481 e. The normalized spacial score (nSPS) is 17.8. The molecule has 7 nitrogen and oxygen atoms in total. The number of halogens is 3. The highest BCUT2D eigenvalue weighted by molar-refractivity contribution is 5.88. The van der Waals surface area contributed by atoms with Crippen LogP contribution in [0.2, 0.25) is 0 Å². The molecular weight excluding hydrogens is 329 g/mol. The highest BCUT2D eigenvalue weighted by Gasteiger charge is 2.39. The van der Waals surface area contributed by atoms with Crippen molar-refractivity contribution in [2.75, 3.05) is 20.2 Å². The minimum absolute atomic E-state index is 0.0419. The number of alkyl halides is 3. The molecule has 1 saturated heterocycles. The second-order valence-corrected chi connectivity index (χ2v) is 5.22. The fourth-order valence-corrected chi connectivity index (χ4v) is 2.37. The molecule has 1 aromatic rings. The number of rotatable bonds is 5. The maximum atomic E-state index is 12.3. The summed E-state index contributed by atoms with van der Waals surface area (Å²) >= 11 is 0. The average molecular weight is 346 g/mol. The average Bonchev–Trinajstić information content (AvgIpc) is 2.84. The summed E-state index contributed by atoms with van der Waals surface area (Å²) in [5, 5.41) is 4.90. The summed E-state index contributed by atoms with van der Waals surface area (Å²) in [4.78, 5) is 28.3. The van der Waals surface area contributed by atoms with Gasteiger partial charge < -0.3 is 20.3 Å². The maximum absolute atomic E-state index is 12.3. The third kappa shape index (κ3) is 4.74. The zero-order valence-electron chi connectivity index (χ0n) is 12.9. The lowest BCUT2D eigenvalue weighted by Gasteiger charge is -2.18. The van der Waals surface area contributed by atoms with Crippen LogP contribution in [0.1, 0.15) is 12.0 Å². The molecule has 24 heavy (non-hydrogen) atoms. The van der Waals surface area contributed by atoms with Crippen LogP contribution in [-0.2, 0) is 11.3 Å². The number of aromatic nitrogens is 1. The van der Waals surface area contributed by atoms with E-state index in [2.05, 4.69) is 15.6 Å². The Morgan fingerprint density at radius 2 is 2.25 bits per heavy atom. The monoisotopic (exact) mass is 346 g/mol. The van der Waals surface area contributed by atoms with E-state index in [9.17, 15) is 22.8 Å². The molecule has 1 aliphatic heterocycles. The Hall–Kier alpha value is -2.52. The quantitative estimate of drug-likeness (QED) is 0.835. The van der Waals surface area contributed by atoms with Gasteiger partial charge in [0, 0.05) is 24.8 Å². The first kappa shape index (κ1) is 17.8. The van der Waals surface area contributed by atoms with Crippen molar-refractivity contribution in [3.63, 3.8) is 0 Å². The maximum Gasteiger partial charge on any atom is 0.406 e. The van der Waals surface area contributed by atoms with Gasteiger partial charge in [0.05, 0.1) is 7.11 Å². The van der Waals surface area contributed by atoms with Crippen molar-refractivity contribution >= 4 is 11.9 Å². The molecule has 1 aliphatic rings. The fraction of sp³-hybridized carbons (Fsp3) is 0.500.